The van der Waals surface area contributed by atoms with Gasteiger partial charge in [-0.25, -0.2) is 0 Å². The van der Waals surface area contributed by atoms with Gasteiger partial charge in [0.1, 0.15) is 11.9 Å². The first-order valence-corrected chi connectivity index (χ1v) is 6.02. The summed E-state index contributed by atoms with van der Waals surface area (Å²) in [4.78, 5) is 0. The first kappa shape index (κ1) is 11.3. The van der Waals surface area contributed by atoms with E-state index in [0.717, 1.165) is 37.4 Å². The van der Waals surface area contributed by atoms with Gasteiger partial charge in [-0.1, -0.05) is 13.0 Å². The van der Waals surface area contributed by atoms with Crippen molar-refractivity contribution in [3.8, 4) is 5.75 Å². The Morgan fingerprint density at radius 1 is 1.50 bits per heavy atom. The third-order valence-corrected chi connectivity index (χ3v) is 3.21. The van der Waals surface area contributed by atoms with Gasteiger partial charge in [-0.3, -0.25) is 0 Å². The zero-order valence-corrected chi connectivity index (χ0v) is 9.78. The Morgan fingerprint density at radius 3 is 3.12 bits per heavy atom. The van der Waals surface area contributed by atoms with E-state index in [9.17, 15) is 0 Å². The van der Waals surface area contributed by atoms with Crippen LogP contribution < -0.4 is 15.8 Å². The van der Waals surface area contributed by atoms with Gasteiger partial charge in [-0.05, 0) is 31.5 Å². The first-order chi connectivity index (χ1) is 7.79. The minimum absolute atomic E-state index is 0.327. The Morgan fingerprint density at radius 2 is 2.38 bits per heavy atom. The molecule has 1 aliphatic rings. The molecule has 16 heavy (non-hydrogen) atoms. The lowest BCUT2D eigenvalue weighted by Gasteiger charge is -2.31. The fourth-order valence-corrected chi connectivity index (χ4v) is 2.22. The first-order valence-electron chi connectivity index (χ1n) is 6.02. The van der Waals surface area contributed by atoms with Crippen molar-refractivity contribution in [1.29, 1.82) is 0 Å². The van der Waals surface area contributed by atoms with Crippen molar-refractivity contribution in [3.63, 3.8) is 0 Å². The van der Waals surface area contributed by atoms with Crippen LogP contribution in [0.15, 0.2) is 24.3 Å². The molecule has 1 aromatic carbocycles. The van der Waals surface area contributed by atoms with Gasteiger partial charge in [0.05, 0.1) is 0 Å². The van der Waals surface area contributed by atoms with Crippen molar-refractivity contribution < 1.29 is 4.74 Å². The second kappa shape index (κ2) is 5.21. The molecule has 0 saturated carbocycles. The molecule has 0 aliphatic carbocycles. The number of nitrogen functional groups attached to an aromatic ring is 1. The molecular formula is C13H20N2O. The van der Waals surface area contributed by atoms with Crippen molar-refractivity contribution in [1.82, 2.24) is 5.32 Å². The molecule has 0 amide bonds. The van der Waals surface area contributed by atoms with E-state index in [1.165, 1.54) is 0 Å². The smallest absolute Gasteiger partial charge is 0.121 e. The standard InChI is InChI=1S/C13H20N2O/c1-2-10-9-15-7-6-13(10)16-12-5-3-4-11(14)8-12/h3-5,8,10,13,15H,2,6-7,9,14H2,1H3. The lowest BCUT2D eigenvalue weighted by molar-refractivity contribution is 0.1000. The fourth-order valence-electron chi connectivity index (χ4n) is 2.22. The average Bonchev–Trinajstić information content (AvgIpc) is 2.30. The largest absolute Gasteiger partial charge is 0.490 e. The van der Waals surface area contributed by atoms with Crippen molar-refractivity contribution in [2.75, 3.05) is 18.8 Å². The Kier molecular flexibility index (Phi) is 3.67. The summed E-state index contributed by atoms with van der Waals surface area (Å²) >= 11 is 0. The molecular weight excluding hydrogens is 200 g/mol. The third-order valence-electron chi connectivity index (χ3n) is 3.21. The van der Waals surface area contributed by atoms with Crippen LogP contribution in [-0.4, -0.2) is 19.2 Å². The molecule has 0 aromatic heterocycles. The Hall–Kier alpha value is -1.22. The van der Waals surface area contributed by atoms with E-state index in [0.29, 0.717) is 12.0 Å². The summed E-state index contributed by atoms with van der Waals surface area (Å²) in [6, 6.07) is 7.69. The molecule has 88 valence electrons. The number of nitrogens with one attached hydrogen (secondary N) is 1. The molecule has 2 unspecified atom stereocenters. The van der Waals surface area contributed by atoms with E-state index in [1.54, 1.807) is 0 Å². The van der Waals surface area contributed by atoms with Gasteiger partial charge in [0, 0.05) is 24.2 Å². The highest BCUT2D eigenvalue weighted by atomic mass is 16.5. The quantitative estimate of drug-likeness (QED) is 0.766. The average molecular weight is 220 g/mol. The van der Waals surface area contributed by atoms with Gasteiger partial charge in [-0.2, -0.15) is 0 Å². The van der Waals surface area contributed by atoms with Crippen LogP contribution in [0.5, 0.6) is 5.75 Å². The molecule has 1 heterocycles. The minimum atomic E-state index is 0.327. The van der Waals surface area contributed by atoms with E-state index in [1.807, 2.05) is 24.3 Å². The highest BCUT2D eigenvalue weighted by molar-refractivity contribution is 5.43. The second-order valence-electron chi connectivity index (χ2n) is 4.39. The van der Waals surface area contributed by atoms with Crippen LogP contribution in [-0.2, 0) is 0 Å². The number of ether oxygens (including phenoxy) is 1. The summed E-state index contributed by atoms with van der Waals surface area (Å²) in [5, 5.41) is 3.41. The molecule has 1 saturated heterocycles. The van der Waals surface area contributed by atoms with Crippen LogP contribution in [0.4, 0.5) is 5.69 Å². The number of anilines is 1. The summed E-state index contributed by atoms with van der Waals surface area (Å²) < 4.78 is 6.02. The molecule has 1 aliphatic heterocycles. The van der Waals surface area contributed by atoms with Crippen molar-refractivity contribution in [2.24, 2.45) is 5.92 Å². The van der Waals surface area contributed by atoms with Gasteiger partial charge < -0.3 is 15.8 Å². The molecule has 2 rings (SSSR count). The van der Waals surface area contributed by atoms with E-state index < -0.39 is 0 Å². The zero-order valence-electron chi connectivity index (χ0n) is 9.78. The molecule has 1 fully saturated rings. The lowest BCUT2D eigenvalue weighted by atomic mass is 9.93. The maximum Gasteiger partial charge on any atom is 0.121 e. The summed E-state index contributed by atoms with van der Waals surface area (Å²) in [6.45, 7) is 4.32. The molecule has 3 nitrogen and oxygen atoms in total. The molecule has 3 N–H and O–H groups in total. The maximum absolute atomic E-state index is 6.02. The van der Waals surface area contributed by atoms with Gasteiger partial charge >= 0.3 is 0 Å². The number of hydrogen-bond acceptors (Lipinski definition) is 3. The molecule has 0 spiro atoms. The van der Waals surface area contributed by atoms with Gasteiger partial charge in [-0.15, -0.1) is 0 Å². The van der Waals surface area contributed by atoms with Crippen LogP contribution >= 0.6 is 0 Å². The summed E-state index contributed by atoms with van der Waals surface area (Å²) in [5.74, 6) is 1.50. The van der Waals surface area contributed by atoms with Crippen LogP contribution in [0.1, 0.15) is 19.8 Å². The van der Waals surface area contributed by atoms with Gasteiger partial charge in [0.25, 0.3) is 0 Å². The van der Waals surface area contributed by atoms with E-state index >= 15 is 0 Å². The van der Waals surface area contributed by atoms with Gasteiger partial charge in [0.15, 0.2) is 0 Å². The summed E-state index contributed by atoms with van der Waals surface area (Å²) in [5.41, 5.74) is 6.50. The zero-order chi connectivity index (χ0) is 11.4. The van der Waals surface area contributed by atoms with Crippen molar-refractivity contribution in [3.05, 3.63) is 24.3 Å². The molecule has 0 bridgehead atoms. The Balaban J connectivity index is 2.02. The Bertz CT molecular complexity index is 340. The molecule has 2 atom stereocenters. The van der Waals surface area contributed by atoms with Crippen LogP contribution in [0.25, 0.3) is 0 Å². The second-order valence-corrected chi connectivity index (χ2v) is 4.39. The van der Waals surface area contributed by atoms with Gasteiger partial charge in [0.2, 0.25) is 0 Å². The highest BCUT2D eigenvalue weighted by Crippen LogP contribution is 2.23. The third kappa shape index (κ3) is 2.67. The molecule has 1 aromatic rings. The van der Waals surface area contributed by atoms with Crippen LogP contribution in [0, 0.1) is 5.92 Å². The van der Waals surface area contributed by atoms with Crippen LogP contribution in [0.2, 0.25) is 0 Å². The topological polar surface area (TPSA) is 47.3 Å². The SMILES string of the molecule is CCC1CNCCC1Oc1cccc(N)c1. The summed E-state index contributed by atoms with van der Waals surface area (Å²) in [7, 11) is 0. The van der Waals surface area contributed by atoms with E-state index in [-0.39, 0.29) is 0 Å². The number of piperidine rings is 1. The number of benzene rings is 1. The monoisotopic (exact) mass is 220 g/mol. The summed E-state index contributed by atoms with van der Waals surface area (Å²) in [6.07, 6.45) is 2.56. The highest BCUT2D eigenvalue weighted by Gasteiger charge is 2.24. The van der Waals surface area contributed by atoms with Crippen molar-refractivity contribution in [2.45, 2.75) is 25.9 Å². The predicted molar refractivity (Wildman–Crippen MR) is 66.5 cm³/mol. The molecule has 0 radical (unpaired) electrons. The normalized spacial score (nSPS) is 25.3. The van der Waals surface area contributed by atoms with E-state index in [2.05, 4.69) is 12.2 Å². The number of nitrogens with two attached hydrogens (primary N) is 1. The maximum atomic E-state index is 6.02. The van der Waals surface area contributed by atoms with Crippen molar-refractivity contribution >= 4 is 5.69 Å². The minimum Gasteiger partial charge on any atom is -0.490 e. The van der Waals surface area contributed by atoms with E-state index in [4.69, 9.17) is 10.5 Å². The lowest BCUT2D eigenvalue weighted by Crippen LogP contribution is -2.42. The predicted octanol–water partition coefficient (Wildman–Crippen LogP) is 2.04. The molecule has 3 heteroatoms. The number of rotatable bonds is 3. The number of hydrogen-bond donors (Lipinski definition) is 2. The Labute approximate surface area is 97.0 Å². The van der Waals surface area contributed by atoms with Crippen LogP contribution in [0.3, 0.4) is 0 Å². The fraction of sp³-hybridized carbons (Fsp3) is 0.538.